The summed E-state index contributed by atoms with van der Waals surface area (Å²) in [6.45, 7) is 1.32. The van der Waals surface area contributed by atoms with Gasteiger partial charge in [-0.25, -0.2) is 0 Å². The van der Waals surface area contributed by atoms with Gasteiger partial charge in [-0.3, -0.25) is 4.79 Å². The molecule has 2 aliphatic rings. The first-order chi connectivity index (χ1) is 7.71. The highest BCUT2D eigenvalue weighted by molar-refractivity contribution is 5.70. The lowest BCUT2D eigenvalue weighted by atomic mass is 9.87. The first-order valence-electron chi connectivity index (χ1n) is 5.62. The van der Waals surface area contributed by atoms with Gasteiger partial charge in [-0.15, -0.1) is 0 Å². The van der Waals surface area contributed by atoms with Crippen LogP contribution in [0.5, 0.6) is 0 Å². The van der Waals surface area contributed by atoms with Crippen molar-refractivity contribution in [1.82, 2.24) is 0 Å². The molecule has 0 bridgehead atoms. The third kappa shape index (κ3) is 1.43. The first kappa shape index (κ1) is 9.85. The average molecular weight is 218 g/mol. The Kier molecular flexibility index (Phi) is 2.04. The molecule has 1 heterocycles. The van der Waals surface area contributed by atoms with Gasteiger partial charge in [-0.05, 0) is 29.5 Å². The van der Waals surface area contributed by atoms with Gasteiger partial charge in [0.25, 0.3) is 0 Å². The standard InChI is InChI=1S/C13H14O3/c14-12(15)6-13(4-5-13)11-3-1-2-9-7-16-8-10(9)11/h1-3H,4-8H2,(H,14,15). The van der Waals surface area contributed by atoms with Crippen LogP contribution in [0, 0.1) is 0 Å². The average Bonchev–Trinajstić information content (AvgIpc) is 2.85. The fraction of sp³-hybridized carbons (Fsp3) is 0.462. The summed E-state index contributed by atoms with van der Waals surface area (Å²) in [5.74, 6) is -0.700. The van der Waals surface area contributed by atoms with E-state index < -0.39 is 5.97 Å². The zero-order valence-electron chi connectivity index (χ0n) is 9.03. The zero-order valence-corrected chi connectivity index (χ0v) is 9.03. The fourth-order valence-corrected chi connectivity index (χ4v) is 2.68. The second kappa shape index (κ2) is 3.32. The number of benzene rings is 1. The number of fused-ring (bicyclic) bond motifs is 1. The Balaban J connectivity index is 2.01. The molecule has 1 aliphatic heterocycles. The molecule has 0 radical (unpaired) electrons. The molecule has 84 valence electrons. The molecule has 0 aromatic heterocycles. The molecule has 1 aromatic carbocycles. The molecule has 0 atom stereocenters. The predicted molar refractivity (Wildman–Crippen MR) is 58.1 cm³/mol. The van der Waals surface area contributed by atoms with E-state index in [1.54, 1.807) is 0 Å². The van der Waals surface area contributed by atoms with Gasteiger partial charge < -0.3 is 9.84 Å². The van der Waals surface area contributed by atoms with Crippen LogP contribution in [0.15, 0.2) is 18.2 Å². The Morgan fingerprint density at radius 2 is 2.19 bits per heavy atom. The minimum absolute atomic E-state index is 0.0924. The molecular formula is C13H14O3. The van der Waals surface area contributed by atoms with Crippen molar-refractivity contribution in [1.29, 1.82) is 0 Å². The molecule has 0 unspecified atom stereocenters. The van der Waals surface area contributed by atoms with Gasteiger partial charge in [0, 0.05) is 5.41 Å². The van der Waals surface area contributed by atoms with Gasteiger partial charge in [0.15, 0.2) is 0 Å². The lowest BCUT2D eigenvalue weighted by Gasteiger charge is -2.16. The van der Waals surface area contributed by atoms with Crippen molar-refractivity contribution in [2.45, 2.75) is 37.9 Å². The van der Waals surface area contributed by atoms with E-state index in [-0.39, 0.29) is 11.8 Å². The van der Waals surface area contributed by atoms with Crippen molar-refractivity contribution in [3.63, 3.8) is 0 Å². The molecule has 3 heteroatoms. The highest BCUT2D eigenvalue weighted by Crippen LogP contribution is 2.53. The van der Waals surface area contributed by atoms with E-state index >= 15 is 0 Å². The van der Waals surface area contributed by atoms with Crippen LogP contribution in [0.3, 0.4) is 0 Å². The van der Waals surface area contributed by atoms with E-state index in [2.05, 4.69) is 12.1 Å². The smallest absolute Gasteiger partial charge is 0.304 e. The van der Waals surface area contributed by atoms with E-state index in [9.17, 15) is 4.79 Å². The summed E-state index contributed by atoms with van der Waals surface area (Å²) in [7, 11) is 0. The molecular weight excluding hydrogens is 204 g/mol. The van der Waals surface area contributed by atoms with Gasteiger partial charge in [-0.2, -0.15) is 0 Å². The highest BCUT2D eigenvalue weighted by atomic mass is 16.5. The molecule has 0 amide bonds. The number of carboxylic acids is 1. The van der Waals surface area contributed by atoms with Gasteiger partial charge >= 0.3 is 5.97 Å². The molecule has 1 fully saturated rings. The maximum absolute atomic E-state index is 10.9. The van der Waals surface area contributed by atoms with Gasteiger partial charge in [-0.1, -0.05) is 18.2 Å². The van der Waals surface area contributed by atoms with Gasteiger partial charge in [0.2, 0.25) is 0 Å². The van der Waals surface area contributed by atoms with Crippen molar-refractivity contribution in [2.75, 3.05) is 0 Å². The van der Waals surface area contributed by atoms with Crippen LogP contribution < -0.4 is 0 Å². The van der Waals surface area contributed by atoms with Crippen LogP contribution in [0.25, 0.3) is 0 Å². The summed E-state index contributed by atoms with van der Waals surface area (Å²) in [6, 6.07) is 6.16. The minimum atomic E-state index is -0.700. The second-order valence-corrected chi connectivity index (χ2v) is 4.79. The third-order valence-electron chi connectivity index (χ3n) is 3.69. The van der Waals surface area contributed by atoms with E-state index in [0.717, 1.165) is 12.8 Å². The van der Waals surface area contributed by atoms with Crippen molar-refractivity contribution >= 4 is 5.97 Å². The van der Waals surface area contributed by atoms with Crippen molar-refractivity contribution in [3.8, 4) is 0 Å². The van der Waals surface area contributed by atoms with Crippen LogP contribution in [-0.4, -0.2) is 11.1 Å². The lowest BCUT2D eigenvalue weighted by Crippen LogP contribution is -2.15. The van der Waals surface area contributed by atoms with Crippen LogP contribution in [0.2, 0.25) is 0 Å². The van der Waals surface area contributed by atoms with Crippen LogP contribution in [0.1, 0.15) is 36.0 Å². The zero-order chi connectivity index (χ0) is 11.2. The molecule has 3 nitrogen and oxygen atoms in total. The summed E-state index contributed by atoms with van der Waals surface area (Å²) < 4.78 is 5.44. The van der Waals surface area contributed by atoms with E-state index in [1.807, 2.05) is 6.07 Å². The van der Waals surface area contributed by atoms with Crippen molar-refractivity contribution in [2.24, 2.45) is 0 Å². The lowest BCUT2D eigenvalue weighted by molar-refractivity contribution is -0.137. The number of carboxylic acid groups (broad SMARTS) is 1. The number of carbonyl (C=O) groups is 1. The Labute approximate surface area is 94.0 Å². The van der Waals surface area contributed by atoms with E-state index in [1.165, 1.54) is 16.7 Å². The number of ether oxygens (including phenoxy) is 1. The highest BCUT2D eigenvalue weighted by Gasteiger charge is 2.47. The van der Waals surface area contributed by atoms with Crippen molar-refractivity contribution < 1.29 is 14.6 Å². The Hall–Kier alpha value is -1.35. The Bertz CT molecular complexity index is 446. The van der Waals surface area contributed by atoms with Gasteiger partial charge in [0.1, 0.15) is 0 Å². The largest absolute Gasteiger partial charge is 0.481 e. The predicted octanol–water partition coefficient (Wildman–Crippen LogP) is 2.22. The third-order valence-corrected chi connectivity index (χ3v) is 3.69. The number of hydrogen-bond donors (Lipinski definition) is 1. The van der Waals surface area contributed by atoms with E-state index in [4.69, 9.17) is 9.84 Å². The summed E-state index contributed by atoms with van der Waals surface area (Å²) in [4.78, 5) is 10.9. The monoisotopic (exact) mass is 218 g/mol. The Morgan fingerprint density at radius 3 is 2.88 bits per heavy atom. The second-order valence-electron chi connectivity index (χ2n) is 4.79. The first-order valence-corrected chi connectivity index (χ1v) is 5.62. The summed E-state index contributed by atoms with van der Waals surface area (Å²) >= 11 is 0. The fourth-order valence-electron chi connectivity index (χ4n) is 2.68. The molecule has 0 saturated heterocycles. The molecule has 1 aliphatic carbocycles. The topological polar surface area (TPSA) is 46.5 Å². The van der Waals surface area contributed by atoms with E-state index in [0.29, 0.717) is 13.2 Å². The summed E-state index contributed by atoms with van der Waals surface area (Å²) in [6.07, 6.45) is 2.24. The quantitative estimate of drug-likeness (QED) is 0.846. The SMILES string of the molecule is O=C(O)CC1(c2cccc3c2COC3)CC1. The molecule has 1 saturated carbocycles. The van der Waals surface area contributed by atoms with Gasteiger partial charge in [0.05, 0.1) is 19.6 Å². The van der Waals surface area contributed by atoms with Crippen LogP contribution in [-0.2, 0) is 28.2 Å². The summed E-state index contributed by atoms with van der Waals surface area (Å²) in [5.41, 5.74) is 3.59. The normalized spacial score (nSPS) is 20.5. The van der Waals surface area contributed by atoms with Crippen LogP contribution in [0.4, 0.5) is 0 Å². The molecule has 16 heavy (non-hydrogen) atoms. The molecule has 3 rings (SSSR count). The molecule has 0 spiro atoms. The van der Waals surface area contributed by atoms with Crippen LogP contribution >= 0.6 is 0 Å². The molecule has 1 N–H and O–H groups in total. The number of rotatable bonds is 3. The number of hydrogen-bond acceptors (Lipinski definition) is 2. The number of aliphatic carboxylic acids is 1. The minimum Gasteiger partial charge on any atom is -0.481 e. The maximum atomic E-state index is 10.9. The molecule has 1 aromatic rings. The Morgan fingerprint density at radius 1 is 1.38 bits per heavy atom. The van der Waals surface area contributed by atoms with Crippen molar-refractivity contribution in [3.05, 3.63) is 34.9 Å². The summed E-state index contributed by atoms with van der Waals surface area (Å²) in [5, 5.41) is 8.97. The maximum Gasteiger partial charge on any atom is 0.304 e.